The van der Waals surface area contributed by atoms with E-state index in [1.807, 2.05) is 12.1 Å². The Bertz CT molecular complexity index is 185. The van der Waals surface area contributed by atoms with Gasteiger partial charge in [-0.2, -0.15) is 0 Å². The molecule has 0 N–H and O–H groups in total. The monoisotopic (exact) mass is 214 g/mol. The van der Waals surface area contributed by atoms with Crippen LogP contribution in [0.3, 0.4) is 0 Å². The summed E-state index contributed by atoms with van der Waals surface area (Å²) in [5, 5.41) is 0.838. The third kappa shape index (κ3) is 2.63. The molecule has 9 heavy (non-hydrogen) atoms. The minimum absolute atomic E-state index is 0.741. The summed E-state index contributed by atoms with van der Waals surface area (Å²) < 4.78 is 1.46. The predicted molar refractivity (Wildman–Crippen MR) is 42.6 cm³/mol. The van der Waals surface area contributed by atoms with Gasteiger partial charge >= 0.3 is 81.2 Å². The molecule has 0 saturated heterocycles. The van der Waals surface area contributed by atoms with Crippen LogP contribution >= 0.6 is 11.6 Å². The Hall–Kier alpha value is 1.03. The van der Waals surface area contributed by atoms with Crippen molar-refractivity contribution in [2.45, 2.75) is 0 Å². The molecule has 0 aliphatic carbocycles. The van der Waals surface area contributed by atoms with E-state index in [1.54, 1.807) is 0 Å². The molecule has 1 aromatic rings. The van der Waals surface area contributed by atoms with Crippen molar-refractivity contribution in [3.05, 3.63) is 29.3 Å². The van der Waals surface area contributed by atoms with Gasteiger partial charge in [-0.05, 0) is 0 Å². The van der Waals surface area contributed by atoms with Crippen LogP contribution in [-0.4, -0.2) is 35.9 Å². The second kappa shape index (κ2) is 4.02. The van der Waals surface area contributed by atoms with Crippen molar-refractivity contribution in [1.82, 2.24) is 0 Å². The van der Waals surface area contributed by atoms with Gasteiger partial charge in [0.05, 0.1) is 0 Å². The van der Waals surface area contributed by atoms with Gasteiger partial charge < -0.3 is 0 Å². The number of rotatable bonds is 1. The number of hydrogen-bond acceptors (Lipinski definition) is 0. The molecule has 0 spiro atoms. The zero-order valence-electron chi connectivity index (χ0n) is 5.10. The quantitative estimate of drug-likeness (QED) is 0.604. The average molecular weight is 214 g/mol. The molecule has 0 fully saturated rings. The fourth-order valence-electron chi connectivity index (χ4n) is 0.571. The first-order chi connectivity index (χ1) is 4.33. The Morgan fingerprint density at radius 2 is 1.78 bits per heavy atom. The van der Waals surface area contributed by atoms with E-state index in [-0.39, 0.29) is 0 Å². The van der Waals surface area contributed by atoms with Gasteiger partial charge in [0.1, 0.15) is 0 Å². The molecule has 0 bridgehead atoms. The molecule has 3 heteroatoms. The van der Waals surface area contributed by atoms with Crippen LogP contribution < -0.4 is 4.46 Å². The SMILES string of the molecule is [Na][Se]c1ccc(Cl)cc1. The van der Waals surface area contributed by atoms with Crippen molar-refractivity contribution in [2.24, 2.45) is 0 Å². The van der Waals surface area contributed by atoms with Crippen molar-refractivity contribution in [2.75, 3.05) is 0 Å². The first-order valence-electron chi connectivity index (χ1n) is 2.62. The van der Waals surface area contributed by atoms with Crippen LogP contribution in [0, 0.1) is 0 Å². The van der Waals surface area contributed by atoms with Crippen molar-refractivity contribution >= 4 is 52.0 Å². The molecule has 1 rings (SSSR count). The normalized spacial score (nSPS) is 9.67. The topological polar surface area (TPSA) is 0 Å². The van der Waals surface area contributed by atoms with E-state index in [0.29, 0.717) is 0 Å². The second-order valence-electron chi connectivity index (χ2n) is 1.66. The van der Waals surface area contributed by atoms with E-state index in [9.17, 15) is 0 Å². The zero-order valence-corrected chi connectivity index (χ0v) is 9.56. The number of benzene rings is 1. The molecule has 1 aromatic carbocycles. The standard InChI is InChI=1S/C6H5ClSe.Na/c7-5-1-3-6(8)4-2-5;/h1-4,8H;/q;+1/p-1. The van der Waals surface area contributed by atoms with Gasteiger partial charge in [-0.15, -0.1) is 0 Å². The summed E-state index contributed by atoms with van der Waals surface area (Å²) >= 11 is 6.98. The van der Waals surface area contributed by atoms with Crippen molar-refractivity contribution in [3.8, 4) is 0 Å². The maximum atomic E-state index is 5.69. The van der Waals surface area contributed by atoms with Crippen LogP contribution in [0.5, 0.6) is 0 Å². The molecular formula is C6H4ClNaSe. The Labute approximate surface area is 80.4 Å². The summed E-state index contributed by atoms with van der Waals surface area (Å²) in [6.45, 7) is 0. The van der Waals surface area contributed by atoms with Crippen LogP contribution in [0.25, 0.3) is 0 Å². The van der Waals surface area contributed by atoms with Gasteiger partial charge in [-0.3, -0.25) is 0 Å². The van der Waals surface area contributed by atoms with E-state index in [1.165, 1.54) is 29.8 Å². The molecule has 0 unspecified atom stereocenters. The summed E-state index contributed by atoms with van der Waals surface area (Å²) in [5.74, 6) is 0. The van der Waals surface area contributed by atoms with Gasteiger partial charge in [0, 0.05) is 0 Å². The molecule has 0 radical (unpaired) electrons. The van der Waals surface area contributed by atoms with Gasteiger partial charge in [0.2, 0.25) is 0 Å². The predicted octanol–water partition coefficient (Wildman–Crippen LogP) is 0.753. The van der Waals surface area contributed by atoms with Crippen LogP contribution in [0.2, 0.25) is 5.02 Å². The molecular weight excluding hydrogens is 209 g/mol. The fraction of sp³-hybridized carbons (Fsp3) is 0. The molecule has 0 nitrogen and oxygen atoms in total. The van der Waals surface area contributed by atoms with Crippen molar-refractivity contribution in [3.63, 3.8) is 0 Å². The fourth-order valence-corrected chi connectivity index (χ4v) is 2.97. The summed E-state index contributed by atoms with van der Waals surface area (Å²) in [6, 6.07) is 8.12. The minimum atomic E-state index is 0.741. The average Bonchev–Trinajstić information content (AvgIpc) is 1.90. The van der Waals surface area contributed by atoms with E-state index >= 15 is 0 Å². The van der Waals surface area contributed by atoms with Gasteiger partial charge in [0.25, 0.3) is 0 Å². The summed E-state index contributed by atoms with van der Waals surface area (Å²) in [6.07, 6.45) is 0. The van der Waals surface area contributed by atoms with Crippen LogP contribution in [0.15, 0.2) is 24.3 Å². The molecule has 42 valence electrons. The van der Waals surface area contributed by atoms with Gasteiger partial charge in [-0.25, -0.2) is 0 Å². The maximum absolute atomic E-state index is 5.69. The Morgan fingerprint density at radius 3 is 2.22 bits per heavy atom. The van der Waals surface area contributed by atoms with E-state index < -0.39 is 0 Å². The Kier molecular flexibility index (Phi) is 3.63. The first kappa shape index (κ1) is 8.13. The van der Waals surface area contributed by atoms with E-state index in [4.69, 9.17) is 11.6 Å². The second-order valence-corrected chi connectivity index (χ2v) is 6.06. The van der Waals surface area contributed by atoms with Crippen molar-refractivity contribution in [1.29, 1.82) is 0 Å². The molecule has 0 heterocycles. The molecule has 0 aromatic heterocycles. The molecule has 0 saturated carbocycles. The van der Waals surface area contributed by atoms with Crippen LogP contribution in [0.4, 0.5) is 0 Å². The Morgan fingerprint density at radius 1 is 1.22 bits per heavy atom. The summed E-state index contributed by atoms with van der Waals surface area (Å²) in [5.41, 5.74) is 0. The van der Waals surface area contributed by atoms with Gasteiger partial charge in [0.15, 0.2) is 0 Å². The molecule has 0 aliphatic heterocycles. The first-order valence-corrected chi connectivity index (χ1v) is 9.81. The van der Waals surface area contributed by atoms with Crippen LogP contribution in [-0.2, 0) is 0 Å². The molecule has 0 amide bonds. The van der Waals surface area contributed by atoms with E-state index in [0.717, 1.165) is 15.5 Å². The number of halogens is 1. The van der Waals surface area contributed by atoms with Gasteiger partial charge in [-0.1, -0.05) is 0 Å². The third-order valence-corrected chi connectivity index (χ3v) is 5.31. The van der Waals surface area contributed by atoms with Crippen molar-refractivity contribution < 1.29 is 0 Å². The summed E-state index contributed by atoms with van der Waals surface area (Å²) in [4.78, 5) is 0. The summed E-state index contributed by atoms with van der Waals surface area (Å²) in [7, 11) is 0.741. The number of hydrogen-bond donors (Lipinski definition) is 0. The third-order valence-electron chi connectivity index (χ3n) is 1.05. The molecule has 0 atom stereocenters. The Balaban J connectivity index is 2.88. The molecule has 0 aliphatic rings. The zero-order chi connectivity index (χ0) is 6.69. The van der Waals surface area contributed by atoms with E-state index in [2.05, 4.69) is 12.1 Å². The van der Waals surface area contributed by atoms with Crippen LogP contribution in [0.1, 0.15) is 0 Å².